The number of para-hydroxylation sites is 1. The van der Waals surface area contributed by atoms with Gasteiger partial charge in [0.2, 0.25) is 0 Å². The summed E-state index contributed by atoms with van der Waals surface area (Å²) in [5.74, 6) is 0.681. The minimum absolute atomic E-state index is 0.0402. The van der Waals surface area contributed by atoms with Crippen LogP contribution in [-0.4, -0.2) is 55.5 Å². The lowest BCUT2D eigenvalue weighted by atomic mass is 10.1. The molecule has 1 amide bonds. The predicted molar refractivity (Wildman–Crippen MR) is 112 cm³/mol. The van der Waals surface area contributed by atoms with Crippen LogP contribution in [0.4, 0.5) is 0 Å². The maximum Gasteiger partial charge on any atom is 0.258 e. The van der Waals surface area contributed by atoms with E-state index < -0.39 is 0 Å². The van der Waals surface area contributed by atoms with Crippen LogP contribution in [0, 0.1) is 0 Å². The molecule has 1 aliphatic heterocycles. The molecule has 0 atom stereocenters. The Morgan fingerprint density at radius 3 is 2.39 bits per heavy atom. The zero-order chi connectivity index (χ0) is 19.8. The molecule has 0 aliphatic carbocycles. The minimum Gasteiger partial charge on any atom is -0.483 e. The maximum atomic E-state index is 12.1. The van der Waals surface area contributed by atoms with Gasteiger partial charge in [0, 0.05) is 39.3 Å². The second-order valence-electron chi connectivity index (χ2n) is 7.42. The molecule has 0 bridgehead atoms. The SMILES string of the molecule is CCc1ccccc1OCC(=O)NCc1ccc(CN2CCN(C)CC2)cc1. The summed E-state index contributed by atoms with van der Waals surface area (Å²) in [5.41, 5.74) is 3.54. The zero-order valence-electron chi connectivity index (χ0n) is 17.0. The average molecular weight is 382 g/mol. The third-order valence-electron chi connectivity index (χ3n) is 5.23. The van der Waals surface area contributed by atoms with Gasteiger partial charge in [-0.15, -0.1) is 0 Å². The number of ether oxygens (including phenoxy) is 1. The van der Waals surface area contributed by atoms with E-state index in [4.69, 9.17) is 4.74 Å². The number of aryl methyl sites for hydroxylation is 1. The lowest BCUT2D eigenvalue weighted by Gasteiger charge is -2.32. The molecule has 150 valence electrons. The number of benzene rings is 2. The number of rotatable bonds is 8. The summed E-state index contributed by atoms with van der Waals surface area (Å²) in [7, 11) is 2.17. The first-order valence-corrected chi connectivity index (χ1v) is 10.1. The molecule has 3 rings (SSSR count). The molecule has 1 aliphatic rings. The van der Waals surface area contributed by atoms with Crippen LogP contribution in [0.3, 0.4) is 0 Å². The number of amides is 1. The molecule has 28 heavy (non-hydrogen) atoms. The number of nitrogens with zero attached hydrogens (tertiary/aromatic N) is 2. The maximum absolute atomic E-state index is 12.1. The summed E-state index contributed by atoms with van der Waals surface area (Å²) < 4.78 is 5.67. The van der Waals surface area contributed by atoms with Gasteiger partial charge in [0.15, 0.2) is 6.61 Å². The largest absolute Gasteiger partial charge is 0.483 e. The van der Waals surface area contributed by atoms with E-state index in [1.54, 1.807) is 0 Å². The van der Waals surface area contributed by atoms with E-state index in [2.05, 4.69) is 53.4 Å². The summed E-state index contributed by atoms with van der Waals surface area (Å²) in [4.78, 5) is 17.0. The van der Waals surface area contributed by atoms with Gasteiger partial charge in [-0.25, -0.2) is 0 Å². The van der Waals surface area contributed by atoms with Crippen molar-refractivity contribution in [2.24, 2.45) is 0 Å². The number of carbonyl (C=O) groups excluding carboxylic acids is 1. The fraction of sp³-hybridized carbons (Fsp3) is 0.435. The van der Waals surface area contributed by atoms with Crippen LogP contribution in [0.25, 0.3) is 0 Å². The van der Waals surface area contributed by atoms with Crippen LogP contribution < -0.4 is 10.1 Å². The molecular weight excluding hydrogens is 350 g/mol. The summed E-state index contributed by atoms with van der Waals surface area (Å²) in [6.45, 7) is 8.14. The topological polar surface area (TPSA) is 44.8 Å². The summed E-state index contributed by atoms with van der Waals surface area (Å²) in [6.07, 6.45) is 0.887. The number of likely N-dealkylation sites (N-methyl/N-ethyl adjacent to an activating group) is 1. The first-order valence-electron chi connectivity index (χ1n) is 10.1. The number of hydrogen-bond donors (Lipinski definition) is 1. The Hall–Kier alpha value is -2.37. The molecule has 0 saturated carbocycles. The Labute approximate surface area is 168 Å². The summed E-state index contributed by atoms with van der Waals surface area (Å²) in [5, 5.41) is 2.93. The normalized spacial score (nSPS) is 15.4. The highest BCUT2D eigenvalue weighted by atomic mass is 16.5. The second-order valence-corrected chi connectivity index (χ2v) is 7.42. The van der Waals surface area contributed by atoms with Crippen LogP contribution in [0.15, 0.2) is 48.5 Å². The molecule has 1 heterocycles. The van der Waals surface area contributed by atoms with Crippen molar-refractivity contribution in [3.8, 4) is 5.75 Å². The van der Waals surface area contributed by atoms with Crippen LogP contribution >= 0.6 is 0 Å². The summed E-state index contributed by atoms with van der Waals surface area (Å²) in [6, 6.07) is 16.4. The fourth-order valence-electron chi connectivity index (χ4n) is 3.36. The molecule has 1 N–H and O–H groups in total. The van der Waals surface area contributed by atoms with Crippen molar-refractivity contribution in [1.29, 1.82) is 0 Å². The van der Waals surface area contributed by atoms with Crippen molar-refractivity contribution in [3.05, 3.63) is 65.2 Å². The van der Waals surface area contributed by atoms with E-state index in [1.165, 1.54) is 5.56 Å². The number of carbonyl (C=O) groups is 1. The Morgan fingerprint density at radius 1 is 1.00 bits per heavy atom. The van der Waals surface area contributed by atoms with Crippen molar-refractivity contribution in [3.63, 3.8) is 0 Å². The van der Waals surface area contributed by atoms with Crippen molar-refractivity contribution < 1.29 is 9.53 Å². The van der Waals surface area contributed by atoms with E-state index in [0.717, 1.165) is 56.0 Å². The third kappa shape index (κ3) is 6.08. The smallest absolute Gasteiger partial charge is 0.258 e. The van der Waals surface area contributed by atoms with E-state index in [9.17, 15) is 4.79 Å². The van der Waals surface area contributed by atoms with Crippen molar-refractivity contribution in [2.45, 2.75) is 26.4 Å². The number of nitrogens with one attached hydrogen (secondary N) is 1. The van der Waals surface area contributed by atoms with Gasteiger partial charge in [-0.3, -0.25) is 9.69 Å². The number of piperazine rings is 1. The lowest BCUT2D eigenvalue weighted by Crippen LogP contribution is -2.43. The molecular formula is C23H31N3O2. The Bertz CT molecular complexity index is 753. The average Bonchev–Trinajstić information content (AvgIpc) is 2.73. The van der Waals surface area contributed by atoms with Gasteiger partial charge in [0.25, 0.3) is 5.91 Å². The van der Waals surface area contributed by atoms with Gasteiger partial charge >= 0.3 is 0 Å². The highest BCUT2D eigenvalue weighted by Crippen LogP contribution is 2.18. The van der Waals surface area contributed by atoms with Gasteiger partial charge in [0.1, 0.15) is 5.75 Å². The second kappa shape index (κ2) is 10.2. The highest BCUT2D eigenvalue weighted by Gasteiger charge is 2.13. The van der Waals surface area contributed by atoms with Crippen LogP contribution in [-0.2, 0) is 24.3 Å². The third-order valence-corrected chi connectivity index (χ3v) is 5.23. The van der Waals surface area contributed by atoms with Crippen molar-refractivity contribution in [2.75, 3.05) is 39.8 Å². The monoisotopic (exact) mass is 381 g/mol. The molecule has 0 unspecified atom stereocenters. The molecule has 2 aromatic rings. The van der Waals surface area contributed by atoms with E-state index in [1.807, 2.05) is 24.3 Å². The molecule has 0 aromatic heterocycles. The van der Waals surface area contributed by atoms with E-state index in [0.29, 0.717) is 6.54 Å². The van der Waals surface area contributed by atoms with Gasteiger partial charge in [-0.1, -0.05) is 49.4 Å². The van der Waals surface area contributed by atoms with Crippen molar-refractivity contribution in [1.82, 2.24) is 15.1 Å². The van der Waals surface area contributed by atoms with E-state index in [-0.39, 0.29) is 12.5 Å². The summed E-state index contributed by atoms with van der Waals surface area (Å²) >= 11 is 0. The highest BCUT2D eigenvalue weighted by molar-refractivity contribution is 5.77. The van der Waals surface area contributed by atoms with Gasteiger partial charge in [-0.05, 0) is 36.2 Å². The van der Waals surface area contributed by atoms with Gasteiger partial charge < -0.3 is 15.0 Å². The zero-order valence-corrected chi connectivity index (χ0v) is 17.0. The molecule has 5 heteroatoms. The molecule has 0 spiro atoms. The van der Waals surface area contributed by atoms with Crippen LogP contribution in [0.1, 0.15) is 23.6 Å². The molecule has 1 saturated heterocycles. The molecule has 0 radical (unpaired) electrons. The quantitative estimate of drug-likeness (QED) is 0.764. The molecule has 2 aromatic carbocycles. The van der Waals surface area contributed by atoms with Gasteiger partial charge in [0.05, 0.1) is 0 Å². The van der Waals surface area contributed by atoms with Crippen LogP contribution in [0.2, 0.25) is 0 Å². The lowest BCUT2D eigenvalue weighted by molar-refractivity contribution is -0.123. The fourth-order valence-corrected chi connectivity index (χ4v) is 3.36. The first kappa shape index (κ1) is 20.4. The first-order chi connectivity index (χ1) is 13.6. The number of hydrogen-bond acceptors (Lipinski definition) is 4. The Kier molecular flexibility index (Phi) is 7.46. The van der Waals surface area contributed by atoms with Gasteiger partial charge in [-0.2, -0.15) is 0 Å². The van der Waals surface area contributed by atoms with Crippen molar-refractivity contribution >= 4 is 5.91 Å². The Balaban J connectivity index is 1.41. The minimum atomic E-state index is -0.104. The molecule has 5 nitrogen and oxygen atoms in total. The standard InChI is InChI=1S/C23H31N3O2/c1-3-21-6-4-5-7-22(21)28-18-23(27)24-16-19-8-10-20(11-9-19)17-26-14-12-25(2)13-15-26/h4-11H,3,12-18H2,1-2H3,(H,24,27). The predicted octanol–water partition coefficient (Wildman–Crippen LogP) is 2.69. The molecule has 1 fully saturated rings. The van der Waals surface area contributed by atoms with E-state index >= 15 is 0 Å². The Morgan fingerprint density at radius 2 is 1.68 bits per heavy atom. The van der Waals surface area contributed by atoms with Crippen LogP contribution in [0.5, 0.6) is 5.75 Å².